The Bertz CT molecular complexity index is 967. The van der Waals surface area contributed by atoms with Crippen molar-refractivity contribution in [3.8, 4) is 0 Å². The Morgan fingerprint density at radius 2 is 1.64 bits per heavy atom. The highest BCUT2D eigenvalue weighted by atomic mass is 32.1. The maximum absolute atomic E-state index is 12.2. The molecule has 2 N–H and O–H groups in total. The lowest BCUT2D eigenvalue weighted by Gasteiger charge is -2.08. The molecule has 9 heteroatoms. The summed E-state index contributed by atoms with van der Waals surface area (Å²) in [6, 6.07) is 9.83. The smallest absolute Gasteiger partial charge is 0.308 e. The lowest BCUT2D eigenvalue weighted by atomic mass is 10.1. The quantitative estimate of drug-likeness (QED) is 0.339. The lowest BCUT2D eigenvalue weighted by Crippen LogP contribution is -2.27. The Hall–Kier alpha value is -3.33. The molecule has 1 heterocycles. The molecule has 0 fully saturated rings. The van der Waals surface area contributed by atoms with Crippen LogP contribution in [0.4, 0.5) is 5.69 Å². The molecule has 0 saturated carbocycles. The molecule has 8 nitrogen and oxygen atoms in total. The van der Waals surface area contributed by atoms with Gasteiger partial charge < -0.3 is 15.4 Å². The molecule has 1 aromatic carbocycles. The number of nitrogens with one attached hydrogen (secondary N) is 2. The van der Waals surface area contributed by atoms with E-state index in [-0.39, 0.29) is 55.1 Å². The molecule has 0 aliphatic heterocycles. The number of carbonyl (C=O) groups excluding carboxylic acids is 5. The minimum absolute atomic E-state index is 0.0399. The van der Waals surface area contributed by atoms with E-state index in [9.17, 15) is 24.0 Å². The zero-order valence-electron chi connectivity index (χ0n) is 18.7. The van der Waals surface area contributed by atoms with Crippen LogP contribution in [-0.4, -0.2) is 42.5 Å². The third-order valence-corrected chi connectivity index (χ3v) is 5.39. The van der Waals surface area contributed by atoms with E-state index in [2.05, 4.69) is 10.6 Å². The number of esters is 1. The van der Waals surface area contributed by atoms with Gasteiger partial charge in [0.15, 0.2) is 18.2 Å². The summed E-state index contributed by atoms with van der Waals surface area (Å²) in [5.41, 5.74) is 0.940. The number of thiophene rings is 1. The molecule has 0 radical (unpaired) electrons. The average molecular weight is 473 g/mol. The van der Waals surface area contributed by atoms with Crippen LogP contribution in [0.25, 0.3) is 0 Å². The first-order valence-corrected chi connectivity index (χ1v) is 11.5. The zero-order valence-corrected chi connectivity index (χ0v) is 19.5. The molecule has 2 aromatic rings. The maximum atomic E-state index is 12.2. The van der Waals surface area contributed by atoms with Gasteiger partial charge in [-0.15, -0.1) is 11.3 Å². The van der Waals surface area contributed by atoms with Gasteiger partial charge in [0.05, 0.1) is 11.3 Å². The van der Waals surface area contributed by atoms with E-state index in [0.717, 1.165) is 0 Å². The summed E-state index contributed by atoms with van der Waals surface area (Å²) in [7, 11) is 0. The summed E-state index contributed by atoms with van der Waals surface area (Å²) < 4.78 is 4.96. The van der Waals surface area contributed by atoms with Crippen molar-refractivity contribution in [3.05, 3.63) is 52.2 Å². The number of carbonyl (C=O) groups is 5. The molecule has 0 aliphatic carbocycles. The molecule has 2 rings (SSSR count). The minimum Gasteiger partial charge on any atom is -0.457 e. The number of hydrogen-bond acceptors (Lipinski definition) is 7. The zero-order chi connectivity index (χ0) is 24.2. The van der Waals surface area contributed by atoms with Crippen molar-refractivity contribution in [1.29, 1.82) is 0 Å². The average Bonchev–Trinajstić information content (AvgIpc) is 3.31. The molecule has 0 bridgehead atoms. The van der Waals surface area contributed by atoms with Gasteiger partial charge in [-0.3, -0.25) is 24.0 Å². The van der Waals surface area contributed by atoms with Crippen molar-refractivity contribution in [1.82, 2.24) is 5.32 Å². The third-order valence-electron chi connectivity index (χ3n) is 4.47. The predicted octanol–water partition coefficient (Wildman–Crippen LogP) is 3.63. The largest absolute Gasteiger partial charge is 0.457 e. The van der Waals surface area contributed by atoms with Crippen molar-refractivity contribution >= 4 is 46.4 Å². The molecule has 0 atom stereocenters. The van der Waals surface area contributed by atoms with Crippen LogP contribution in [-0.2, 0) is 19.1 Å². The first-order valence-electron chi connectivity index (χ1n) is 10.7. The van der Waals surface area contributed by atoms with E-state index in [4.69, 9.17) is 4.74 Å². The van der Waals surface area contributed by atoms with Crippen molar-refractivity contribution in [2.45, 2.75) is 39.5 Å². The molecular weight excluding hydrogens is 444 g/mol. The van der Waals surface area contributed by atoms with E-state index in [1.54, 1.807) is 41.8 Å². The molecular formula is C24H28N2O6S. The Kier molecular flexibility index (Phi) is 10.4. The first-order chi connectivity index (χ1) is 15.7. The van der Waals surface area contributed by atoms with E-state index in [1.807, 2.05) is 13.8 Å². The second-order valence-corrected chi connectivity index (χ2v) is 8.76. The lowest BCUT2D eigenvalue weighted by molar-refractivity contribution is -0.142. The molecule has 33 heavy (non-hydrogen) atoms. The Morgan fingerprint density at radius 1 is 0.909 bits per heavy atom. The first kappa shape index (κ1) is 25.9. The second kappa shape index (κ2) is 13.3. The molecule has 0 saturated heterocycles. The SMILES string of the molecule is CC(C)CC(=O)Nc1ccc(C(=O)COC(=O)CCNC(=O)CCC(=O)c2cccs2)cc1. The summed E-state index contributed by atoms with van der Waals surface area (Å²) in [5, 5.41) is 7.11. The van der Waals surface area contributed by atoms with Gasteiger partial charge in [-0.1, -0.05) is 19.9 Å². The van der Waals surface area contributed by atoms with E-state index in [0.29, 0.717) is 22.5 Å². The number of amides is 2. The second-order valence-electron chi connectivity index (χ2n) is 7.81. The third kappa shape index (κ3) is 9.78. The van der Waals surface area contributed by atoms with Gasteiger partial charge in [-0.2, -0.15) is 0 Å². The highest BCUT2D eigenvalue weighted by Crippen LogP contribution is 2.13. The van der Waals surface area contributed by atoms with Gasteiger partial charge in [-0.05, 0) is 41.6 Å². The number of ether oxygens (including phenoxy) is 1. The summed E-state index contributed by atoms with van der Waals surface area (Å²) in [6.07, 6.45) is 0.465. The van der Waals surface area contributed by atoms with Crippen LogP contribution in [0.1, 0.15) is 59.6 Å². The molecule has 0 aliphatic rings. The predicted molar refractivity (Wildman–Crippen MR) is 125 cm³/mol. The van der Waals surface area contributed by atoms with E-state index in [1.165, 1.54) is 11.3 Å². The van der Waals surface area contributed by atoms with Gasteiger partial charge >= 0.3 is 5.97 Å². The van der Waals surface area contributed by atoms with Crippen molar-refractivity contribution < 1.29 is 28.7 Å². The highest BCUT2D eigenvalue weighted by molar-refractivity contribution is 7.12. The highest BCUT2D eigenvalue weighted by Gasteiger charge is 2.13. The molecule has 2 amide bonds. The van der Waals surface area contributed by atoms with Gasteiger partial charge in [0.1, 0.15) is 0 Å². The number of hydrogen-bond donors (Lipinski definition) is 2. The van der Waals surface area contributed by atoms with Crippen LogP contribution in [0, 0.1) is 5.92 Å². The number of anilines is 1. The molecule has 176 valence electrons. The number of rotatable bonds is 13. The topological polar surface area (TPSA) is 119 Å². The van der Waals surface area contributed by atoms with Crippen LogP contribution in [0.2, 0.25) is 0 Å². The van der Waals surface area contributed by atoms with Gasteiger partial charge in [0.2, 0.25) is 11.8 Å². The van der Waals surface area contributed by atoms with Crippen LogP contribution >= 0.6 is 11.3 Å². The standard InChI is InChI=1S/C24H28N2O6S/c1-16(2)14-23(30)26-18-7-5-17(6-8-18)20(28)15-32-24(31)11-12-25-22(29)10-9-19(27)21-4-3-13-33-21/h3-8,13,16H,9-12,14-15H2,1-2H3,(H,25,29)(H,26,30). The summed E-state index contributed by atoms with van der Waals surface area (Å²) >= 11 is 1.33. The number of benzene rings is 1. The van der Waals surface area contributed by atoms with Crippen LogP contribution in [0.15, 0.2) is 41.8 Å². The number of ketones is 2. The molecule has 0 unspecified atom stereocenters. The minimum atomic E-state index is -0.615. The Labute approximate surface area is 196 Å². The van der Waals surface area contributed by atoms with Crippen LogP contribution in [0.3, 0.4) is 0 Å². The fraction of sp³-hybridized carbons (Fsp3) is 0.375. The maximum Gasteiger partial charge on any atom is 0.308 e. The van der Waals surface area contributed by atoms with Gasteiger partial charge in [0, 0.05) is 37.1 Å². The Balaban J connectivity index is 1.63. The van der Waals surface area contributed by atoms with E-state index < -0.39 is 12.6 Å². The fourth-order valence-corrected chi connectivity index (χ4v) is 3.50. The van der Waals surface area contributed by atoms with Crippen molar-refractivity contribution in [3.63, 3.8) is 0 Å². The summed E-state index contributed by atoms with van der Waals surface area (Å²) in [6.45, 7) is 3.55. The summed E-state index contributed by atoms with van der Waals surface area (Å²) in [5.74, 6) is -1.27. The van der Waals surface area contributed by atoms with E-state index >= 15 is 0 Å². The van der Waals surface area contributed by atoms with Crippen LogP contribution in [0.5, 0.6) is 0 Å². The molecule has 1 aromatic heterocycles. The normalized spacial score (nSPS) is 10.5. The number of Topliss-reactive ketones (excluding diaryl/α,β-unsaturated/α-hetero) is 2. The van der Waals surface area contributed by atoms with Crippen LogP contribution < -0.4 is 10.6 Å². The van der Waals surface area contributed by atoms with Crippen molar-refractivity contribution in [2.24, 2.45) is 5.92 Å². The van der Waals surface area contributed by atoms with Gasteiger partial charge in [-0.25, -0.2) is 0 Å². The monoisotopic (exact) mass is 472 g/mol. The fourth-order valence-electron chi connectivity index (χ4n) is 2.80. The Morgan fingerprint density at radius 3 is 2.27 bits per heavy atom. The van der Waals surface area contributed by atoms with Crippen molar-refractivity contribution in [2.75, 3.05) is 18.5 Å². The van der Waals surface area contributed by atoms with Gasteiger partial charge in [0.25, 0.3) is 0 Å². The summed E-state index contributed by atoms with van der Waals surface area (Å²) in [4.78, 5) is 60.1. The molecule has 0 spiro atoms.